The number of halogens is 1. The van der Waals surface area contributed by atoms with E-state index in [1.165, 1.54) is 6.07 Å². The summed E-state index contributed by atoms with van der Waals surface area (Å²) in [6, 6.07) is 13.0. The molecule has 0 fully saturated rings. The molecule has 28 heavy (non-hydrogen) atoms. The van der Waals surface area contributed by atoms with Crippen molar-refractivity contribution < 1.29 is 9.18 Å². The zero-order valence-corrected chi connectivity index (χ0v) is 15.4. The van der Waals surface area contributed by atoms with Gasteiger partial charge >= 0.3 is 0 Å². The number of fused-ring (bicyclic) bond motifs is 2. The van der Waals surface area contributed by atoms with Gasteiger partial charge in [0.05, 0.1) is 24.0 Å². The average Bonchev–Trinajstić information content (AvgIpc) is 3.41. The maximum Gasteiger partial charge on any atom is 0.257 e. The second kappa shape index (κ2) is 6.34. The van der Waals surface area contributed by atoms with Gasteiger partial charge in [0, 0.05) is 36.3 Å². The van der Waals surface area contributed by atoms with Crippen LogP contribution in [0.15, 0.2) is 54.9 Å². The second-order valence-electron chi connectivity index (χ2n) is 7.25. The van der Waals surface area contributed by atoms with Gasteiger partial charge in [0.15, 0.2) is 0 Å². The summed E-state index contributed by atoms with van der Waals surface area (Å²) in [5.41, 5.74) is 5.27. The number of nitrogens with one attached hydrogen (secondary N) is 1. The summed E-state index contributed by atoms with van der Waals surface area (Å²) in [7, 11) is 1.86. The van der Waals surface area contributed by atoms with Gasteiger partial charge in [0.25, 0.3) is 5.91 Å². The molecule has 3 heterocycles. The van der Waals surface area contributed by atoms with Crippen LogP contribution in [0.3, 0.4) is 0 Å². The predicted molar refractivity (Wildman–Crippen MR) is 104 cm³/mol. The lowest BCUT2D eigenvalue weighted by Gasteiger charge is -2.17. The van der Waals surface area contributed by atoms with Crippen molar-refractivity contribution in [3.05, 3.63) is 88.6 Å². The van der Waals surface area contributed by atoms with Crippen LogP contribution in [0, 0.1) is 5.82 Å². The SMILES string of the molecule is Cn1ncc2c1CN(C(=O)c1cc(Cc3cccc4[nH]ccc34)ccc1F)C2. The number of amides is 1. The molecule has 2 aromatic carbocycles. The van der Waals surface area contributed by atoms with Gasteiger partial charge < -0.3 is 9.88 Å². The predicted octanol–water partition coefficient (Wildman–Crippen LogP) is 3.79. The van der Waals surface area contributed by atoms with Gasteiger partial charge in [-0.2, -0.15) is 5.10 Å². The smallest absolute Gasteiger partial charge is 0.257 e. The lowest BCUT2D eigenvalue weighted by atomic mass is 9.99. The minimum atomic E-state index is -0.484. The number of carbonyl (C=O) groups excluding carboxylic acids is 1. The van der Waals surface area contributed by atoms with Crippen LogP contribution < -0.4 is 0 Å². The molecule has 0 unspecified atom stereocenters. The molecule has 0 saturated heterocycles. The number of aromatic amines is 1. The molecule has 5 rings (SSSR count). The van der Waals surface area contributed by atoms with Gasteiger partial charge in [-0.05, 0) is 41.8 Å². The molecule has 5 nitrogen and oxygen atoms in total. The Kier molecular flexibility index (Phi) is 3.79. The Balaban J connectivity index is 1.43. The summed E-state index contributed by atoms with van der Waals surface area (Å²) in [5.74, 6) is -0.766. The van der Waals surface area contributed by atoms with Gasteiger partial charge in [-0.25, -0.2) is 4.39 Å². The van der Waals surface area contributed by atoms with Crippen molar-refractivity contribution >= 4 is 16.8 Å². The molecule has 0 spiro atoms. The van der Waals surface area contributed by atoms with E-state index in [-0.39, 0.29) is 11.5 Å². The molecule has 0 atom stereocenters. The van der Waals surface area contributed by atoms with Gasteiger partial charge in [0.1, 0.15) is 5.82 Å². The first-order valence-corrected chi connectivity index (χ1v) is 9.22. The van der Waals surface area contributed by atoms with Crippen molar-refractivity contribution in [1.82, 2.24) is 19.7 Å². The standard InChI is InChI=1S/C22H19FN4O/c1-26-21-13-27(12-16(21)11-25-26)22(28)18-10-14(5-6-19(18)23)9-15-3-2-4-20-17(15)7-8-24-20/h2-8,10-11,24H,9,12-13H2,1H3. The quantitative estimate of drug-likeness (QED) is 0.593. The molecule has 1 aliphatic heterocycles. The zero-order valence-electron chi connectivity index (χ0n) is 15.4. The van der Waals surface area contributed by atoms with Crippen LogP contribution in [-0.2, 0) is 26.6 Å². The second-order valence-corrected chi connectivity index (χ2v) is 7.25. The van der Waals surface area contributed by atoms with Gasteiger partial charge in [-0.3, -0.25) is 9.48 Å². The van der Waals surface area contributed by atoms with Crippen molar-refractivity contribution in [3.8, 4) is 0 Å². The molecule has 0 bridgehead atoms. The summed E-state index contributed by atoms with van der Waals surface area (Å²) >= 11 is 0. The summed E-state index contributed by atoms with van der Waals surface area (Å²) in [6.45, 7) is 0.922. The number of rotatable bonds is 3. The van der Waals surface area contributed by atoms with Crippen molar-refractivity contribution in [2.24, 2.45) is 7.05 Å². The lowest BCUT2D eigenvalue weighted by Crippen LogP contribution is -2.27. The van der Waals surface area contributed by atoms with Crippen LogP contribution in [0.25, 0.3) is 10.9 Å². The molecule has 6 heteroatoms. The Morgan fingerprint density at radius 2 is 2.11 bits per heavy atom. The highest BCUT2D eigenvalue weighted by Crippen LogP contribution is 2.26. The third kappa shape index (κ3) is 2.69. The largest absolute Gasteiger partial charge is 0.361 e. The van der Waals surface area contributed by atoms with Gasteiger partial charge in [-0.1, -0.05) is 18.2 Å². The lowest BCUT2D eigenvalue weighted by molar-refractivity contribution is 0.0743. The minimum Gasteiger partial charge on any atom is -0.361 e. The molecular formula is C22H19FN4O. The van der Waals surface area contributed by atoms with E-state index in [0.29, 0.717) is 19.5 Å². The average molecular weight is 374 g/mol. The van der Waals surface area contributed by atoms with Crippen molar-refractivity contribution in [2.45, 2.75) is 19.5 Å². The van der Waals surface area contributed by atoms with Crippen LogP contribution >= 0.6 is 0 Å². The number of nitrogens with zero attached hydrogens (tertiary/aromatic N) is 3. The maximum absolute atomic E-state index is 14.5. The molecule has 0 aliphatic carbocycles. The highest BCUT2D eigenvalue weighted by atomic mass is 19.1. The molecule has 2 aromatic heterocycles. The number of carbonyl (C=O) groups is 1. The maximum atomic E-state index is 14.5. The number of hydrogen-bond donors (Lipinski definition) is 1. The number of benzene rings is 2. The van der Waals surface area contributed by atoms with E-state index in [9.17, 15) is 9.18 Å². The third-order valence-electron chi connectivity index (χ3n) is 5.48. The normalized spacial score (nSPS) is 13.3. The highest BCUT2D eigenvalue weighted by Gasteiger charge is 2.28. The minimum absolute atomic E-state index is 0.125. The fourth-order valence-corrected chi connectivity index (χ4v) is 3.97. The fraction of sp³-hybridized carbons (Fsp3) is 0.182. The molecule has 0 saturated carbocycles. The molecule has 0 radical (unpaired) electrons. The van der Waals surface area contributed by atoms with E-state index < -0.39 is 5.82 Å². The highest BCUT2D eigenvalue weighted by molar-refractivity contribution is 5.95. The topological polar surface area (TPSA) is 53.9 Å². The van der Waals surface area contributed by atoms with E-state index in [1.807, 2.05) is 31.4 Å². The summed E-state index contributed by atoms with van der Waals surface area (Å²) in [4.78, 5) is 17.8. The Morgan fingerprint density at radius 1 is 1.21 bits per heavy atom. The molecule has 140 valence electrons. The number of aromatic nitrogens is 3. The monoisotopic (exact) mass is 374 g/mol. The Hall–Kier alpha value is -3.41. The molecule has 1 aliphatic rings. The summed E-state index contributed by atoms with van der Waals surface area (Å²) < 4.78 is 16.3. The van der Waals surface area contributed by atoms with Gasteiger partial charge in [-0.15, -0.1) is 0 Å². The first-order valence-electron chi connectivity index (χ1n) is 9.22. The Morgan fingerprint density at radius 3 is 2.96 bits per heavy atom. The van der Waals surface area contributed by atoms with E-state index >= 15 is 0 Å². The molecule has 4 aromatic rings. The first-order chi connectivity index (χ1) is 13.6. The molecular weight excluding hydrogens is 355 g/mol. The van der Waals surface area contributed by atoms with Gasteiger partial charge in [0.2, 0.25) is 0 Å². The van der Waals surface area contributed by atoms with Crippen LogP contribution in [0.5, 0.6) is 0 Å². The van der Waals surface area contributed by atoms with E-state index in [2.05, 4.69) is 16.1 Å². The fourth-order valence-electron chi connectivity index (χ4n) is 3.97. The van der Waals surface area contributed by atoms with Crippen LogP contribution in [-0.4, -0.2) is 25.6 Å². The Bertz CT molecular complexity index is 1210. The van der Waals surface area contributed by atoms with Crippen LogP contribution in [0.2, 0.25) is 0 Å². The number of hydrogen-bond acceptors (Lipinski definition) is 2. The van der Waals surface area contributed by atoms with E-state index in [0.717, 1.165) is 33.3 Å². The van der Waals surface area contributed by atoms with E-state index in [1.54, 1.807) is 27.9 Å². The first kappa shape index (κ1) is 16.7. The van der Waals surface area contributed by atoms with E-state index in [4.69, 9.17) is 0 Å². The molecule has 1 amide bonds. The van der Waals surface area contributed by atoms with Crippen molar-refractivity contribution in [2.75, 3.05) is 0 Å². The summed E-state index contributed by atoms with van der Waals surface area (Å²) in [6.07, 6.45) is 4.32. The number of H-pyrrole nitrogens is 1. The molecule has 1 N–H and O–H groups in total. The Labute approximate surface area is 161 Å². The van der Waals surface area contributed by atoms with Crippen molar-refractivity contribution in [3.63, 3.8) is 0 Å². The third-order valence-corrected chi connectivity index (χ3v) is 5.48. The zero-order chi connectivity index (χ0) is 19.3. The van der Waals surface area contributed by atoms with Crippen LogP contribution in [0.1, 0.15) is 32.7 Å². The number of aryl methyl sites for hydroxylation is 1. The summed E-state index contributed by atoms with van der Waals surface area (Å²) in [5, 5.41) is 5.35. The van der Waals surface area contributed by atoms with Crippen molar-refractivity contribution in [1.29, 1.82) is 0 Å². The van der Waals surface area contributed by atoms with Crippen LogP contribution in [0.4, 0.5) is 4.39 Å².